The van der Waals surface area contributed by atoms with Crippen molar-refractivity contribution in [2.24, 2.45) is 5.92 Å². The smallest absolute Gasteiger partial charge is 0.321 e. The van der Waals surface area contributed by atoms with Gasteiger partial charge < -0.3 is 29.3 Å². The topological polar surface area (TPSA) is 169 Å². The molecule has 1 saturated heterocycles. The number of sulfonamides is 1. The highest BCUT2D eigenvalue weighted by molar-refractivity contribution is 7.91. The summed E-state index contributed by atoms with van der Waals surface area (Å²) in [5.41, 5.74) is 1.63. The first-order chi connectivity index (χ1) is 29.2. The van der Waals surface area contributed by atoms with Crippen LogP contribution in [-0.2, 0) is 26.2 Å². The second-order valence-electron chi connectivity index (χ2n) is 17.3. The molecule has 16 heteroatoms. The maximum Gasteiger partial charge on any atom is 0.321 e. The van der Waals surface area contributed by atoms with Gasteiger partial charge in [-0.25, -0.2) is 23.2 Å². The Kier molecular flexibility index (Phi) is 11.8. The molecule has 2 aliphatic heterocycles. The van der Waals surface area contributed by atoms with E-state index in [0.717, 1.165) is 47.3 Å². The van der Waals surface area contributed by atoms with Crippen molar-refractivity contribution < 1.29 is 37.0 Å². The number of ether oxygens (including phenoxy) is 3. The Labute approximate surface area is 361 Å². The van der Waals surface area contributed by atoms with Gasteiger partial charge in [-0.05, 0) is 81.2 Å². The van der Waals surface area contributed by atoms with Crippen LogP contribution in [0.3, 0.4) is 0 Å². The Morgan fingerprint density at radius 2 is 1.77 bits per heavy atom. The summed E-state index contributed by atoms with van der Waals surface area (Å²) in [7, 11) is -0.783. The molecule has 4 aromatic rings. The molecule has 0 spiro atoms. The van der Waals surface area contributed by atoms with Gasteiger partial charge in [0.1, 0.15) is 45.6 Å². The Bertz CT molecular complexity index is 2450. The second-order valence-corrected chi connectivity index (χ2v) is 20.3. The molecular weight excluding hydrogens is 817 g/mol. The highest BCUT2D eigenvalue weighted by Gasteiger charge is 2.63. The predicted octanol–water partition coefficient (Wildman–Crippen LogP) is 6.95. The van der Waals surface area contributed by atoms with Crippen LogP contribution >= 0.6 is 11.3 Å². The van der Waals surface area contributed by atoms with Crippen molar-refractivity contribution in [1.82, 2.24) is 29.8 Å². The number of amides is 4. The first-order valence-electron chi connectivity index (χ1n) is 21.1. The summed E-state index contributed by atoms with van der Waals surface area (Å²) in [6.07, 6.45) is 7.76. The molecule has 324 valence electrons. The third-order valence-corrected chi connectivity index (χ3v) is 15.5. The van der Waals surface area contributed by atoms with Crippen LogP contribution in [0.5, 0.6) is 17.2 Å². The molecule has 4 heterocycles. The number of carbonyl (C=O) groups is 3. The van der Waals surface area contributed by atoms with E-state index in [1.807, 2.05) is 66.1 Å². The average Bonchev–Trinajstić information content (AvgIpc) is 4.02. The van der Waals surface area contributed by atoms with Crippen LogP contribution in [0.15, 0.2) is 66.1 Å². The molecule has 4 aliphatic rings. The maximum atomic E-state index is 14.9. The minimum absolute atomic E-state index is 0.0787. The molecular formula is C45H54N6O8S2. The number of aromatic nitrogens is 2. The number of pyridine rings is 1. The summed E-state index contributed by atoms with van der Waals surface area (Å²) in [5.74, 6) is 0.362. The minimum Gasteiger partial charge on any atom is -0.497 e. The van der Waals surface area contributed by atoms with E-state index in [0.29, 0.717) is 54.4 Å². The Balaban J connectivity index is 1.14. The predicted molar refractivity (Wildman–Crippen MR) is 233 cm³/mol. The Morgan fingerprint density at radius 3 is 2.48 bits per heavy atom. The van der Waals surface area contributed by atoms with E-state index < -0.39 is 50.2 Å². The molecule has 4 atom stereocenters. The lowest BCUT2D eigenvalue weighted by Crippen LogP contribution is -2.58. The fourth-order valence-corrected chi connectivity index (χ4v) is 10.4. The number of urea groups is 1. The summed E-state index contributed by atoms with van der Waals surface area (Å²) in [4.78, 5) is 56.8. The lowest BCUT2D eigenvalue weighted by atomic mass is 10.1. The summed E-state index contributed by atoms with van der Waals surface area (Å²) >= 11 is 1.50. The van der Waals surface area contributed by atoms with Gasteiger partial charge in [0.05, 0.1) is 36.7 Å². The maximum absolute atomic E-state index is 14.9. The Morgan fingerprint density at radius 1 is 1.02 bits per heavy atom. The molecule has 3 fully saturated rings. The number of hydrogen-bond acceptors (Lipinski definition) is 11. The van der Waals surface area contributed by atoms with E-state index in [1.54, 1.807) is 30.9 Å². The molecule has 0 radical (unpaired) electrons. The molecule has 61 heavy (non-hydrogen) atoms. The number of carbonyl (C=O) groups excluding carboxylic acids is 3. The van der Waals surface area contributed by atoms with Crippen molar-refractivity contribution in [2.45, 2.75) is 107 Å². The van der Waals surface area contributed by atoms with Crippen LogP contribution in [0.25, 0.3) is 21.6 Å². The van der Waals surface area contributed by atoms with E-state index >= 15 is 0 Å². The second kappa shape index (κ2) is 16.9. The average molecular weight is 871 g/mol. The van der Waals surface area contributed by atoms with Crippen LogP contribution in [0.1, 0.15) is 89.3 Å². The zero-order chi connectivity index (χ0) is 43.1. The van der Waals surface area contributed by atoms with Gasteiger partial charge in [0.25, 0.3) is 5.91 Å². The van der Waals surface area contributed by atoms with E-state index in [2.05, 4.69) is 23.9 Å². The van der Waals surface area contributed by atoms with Gasteiger partial charge in [0, 0.05) is 48.3 Å². The van der Waals surface area contributed by atoms with Gasteiger partial charge in [-0.2, -0.15) is 0 Å². The van der Waals surface area contributed by atoms with Crippen molar-refractivity contribution in [2.75, 3.05) is 27.3 Å². The number of fused-ring (bicyclic) bond motifs is 3. The van der Waals surface area contributed by atoms with E-state index in [-0.39, 0.29) is 31.3 Å². The molecule has 4 amide bonds. The number of methoxy groups -OCH3 is 2. The number of rotatable bonds is 11. The quantitative estimate of drug-likeness (QED) is 0.151. The first kappa shape index (κ1) is 42.5. The number of thiazole rings is 1. The van der Waals surface area contributed by atoms with E-state index in [9.17, 15) is 22.8 Å². The summed E-state index contributed by atoms with van der Waals surface area (Å²) in [6.45, 7) is 6.63. The molecule has 0 bridgehead atoms. The Hall–Kier alpha value is -5.22. The minimum atomic E-state index is -3.98. The van der Waals surface area contributed by atoms with Crippen molar-refractivity contribution in [3.8, 4) is 28.0 Å². The van der Waals surface area contributed by atoms with E-state index in [4.69, 9.17) is 24.2 Å². The van der Waals surface area contributed by atoms with Crippen molar-refractivity contribution in [1.29, 1.82) is 0 Å². The number of hydrogen-bond donors (Lipinski definition) is 2. The van der Waals surface area contributed by atoms with Crippen LogP contribution in [0, 0.1) is 5.92 Å². The molecule has 4 unspecified atom stereocenters. The SMILES string of the molecule is COc1ccc(CN2CCCCC/C=C\C3CC3(C(=O)NS(=O)(=O)C3(C)CC3)NC(=O)C3CC(Oc4cc(-c5nc(C(C)C)cs5)nc5cc(OC)ccc45)CN3C2=O)cc1. The number of nitrogens with one attached hydrogen (secondary N) is 2. The van der Waals surface area contributed by atoms with Crippen LogP contribution < -0.4 is 24.2 Å². The van der Waals surface area contributed by atoms with Crippen LogP contribution in [0.4, 0.5) is 4.79 Å². The lowest BCUT2D eigenvalue weighted by molar-refractivity contribution is -0.131. The first-order valence-corrected chi connectivity index (χ1v) is 23.4. The van der Waals surface area contributed by atoms with Crippen molar-refractivity contribution >= 4 is 50.1 Å². The van der Waals surface area contributed by atoms with Gasteiger partial charge in [-0.15, -0.1) is 11.3 Å². The molecule has 2 aromatic heterocycles. The third-order valence-electron chi connectivity index (χ3n) is 12.5. The van der Waals surface area contributed by atoms with Crippen molar-refractivity contribution in [3.05, 3.63) is 77.3 Å². The summed E-state index contributed by atoms with van der Waals surface area (Å²) in [5, 5.41) is 6.47. The highest BCUT2D eigenvalue weighted by atomic mass is 32.2. The summed E-state index contributed by atoms with van der Waals surface area (Å²) < 4.78 is 45.6. The summed E-state index contributed by atoms with van der Waals surface area (Å²) in [6, 6.07) is 13.6. The molecule has 14 nitrogen and oxygen atoms in total. The third kappa shape index (κ3) is 8.79. The van der Waals surface area contributed by atoms with Crippen LogP contribution in [-0.4, -0.2) is 95.8 Å². The molecule has 2 aliphatic carbocycles. The van der Waals surface area contributed by atoms with Gasteiger partial charge >= 0.3 is 6.03 Å². The lowest BCUT2D eigenvalue weighted by Gasteiger charge is -2.32. The van der Waals surface area contributed by atoms with Crippen molar-refractivity contribution in [3.63, 3.8) is 0 Å². The zero-order valence-corrected chi connectivity index (χ0v) is 36.9. The molecule has 8 rings (SSSR count). The normalized spacial score (nSPS) is 24.5. The van der Waals surface area contributed by atoms with Gasteiger partial charge in [-0.3, -0.25) is 14.3 Å². The molecule has 2 N–H and O–H groups in total. The van der Waals surface area contributed by atoms with E-state index in [1.165, 1.54) is 11.3 Å². The van der Waals surface area contributed by atoms with Crippen LogP contribution in [0.2, 0.25) is 0 Å². The fraction of sp³-hybridized carbons (Fsp3) is 0.489. The highest BCUT2D eigenvalue weighted by Crippen LogP contribution is 2.48. The number of allylic oxidation sites excluding steroid dienone is 1. The largest absolute Gasteiger partial charge is 0.497 e. The van der Waals surface area contributed by atoms with Gasteiger partial charge in [0.2, 0.25) is 15.9 Å². The zero-order valence-electron chi connectivity index (χ0n) is 35.3. The molecule has 2 saturated carbocycles. The number of benzene rings is 2. The molecule has 2 aromatic carbocycles. The number of nitrogens with zero attached hydrogens (tertiary/aromatic N) is 4. The van der Waals surface area contributed by atoms with Gasteiger partial charge in [0.15, 0.2) is 0 Å². The fourth-order valence-electron chi connectivity index (χ4n) is 8.15. The standard InChI is InChI=1S/C45H54N6O8S2/c1-28(2)37-27-60-41(47-37)36-23-39(34-17-16-32(58-5)21-35(34)46-36)59-33-22-38-40(52)48-45(42(53)49-61(55,56)44(3)18-19-44)24-30(45)11-9-7-6-8-10-20-50(43(54)51(38)26-33)25-29-12-14-31(57-4)15-13-29/h9,11-17,21,23,27-28,30,33,38H,6-8,10,18-20,22,24-26H2,1-5H3,(H,48,52)(H,49,53)/b11-9-. The van der Waals surface area contributed by atoms with Gasteiger partial charge in [-0.1, -0.05) is 44.6 Å². The monoisotopic (exact) mass is 870 g/mol.